The predicted octanol–water partition coefficient (Wildman–Crippen LogP) is 4.23. The van der Waals surface area contributed by atoms with Gasteiger partial charge in [0.15, 0.2) is 5.01 Å². The molecule has 2 aromatic rings. The molecule has 3 heterocycles. The Balaban J connectivity index is 1.44. The van der Waals surface area contributed by atoms with Crippen molar-refractivity contribution in [1.82, 2.24) is 15.1 Å². The van der Waals surface area contributed by atoms with Gasteiger partial charge >= 0.3 is 6.18 Å². The molecule has 0 saturated carbocycles. The minimum atomic E-state index is -4.33. The Hall–Kier alpha value is -1.67. The summed E-state index contributed by atoms with van der Waals surface area (Å²) in [7, 11) is 2.17. The van der Waals surface area contributed by atoms with Crippen LogP contribution >= 0.6 is 11.3 Å². The summed E-state index contributed by atoms with van der Waals surface area (Å²) in [5.41, 5.74) is -0.0529. The first-order valence-corrected chi connectivity index (χ1v) is 9.11. The number of ether oxygens (including phenoxy) is 1. The van der Waals surface area contributed by atoms with E-state index in [4.69, 9.17) is 4.74 Å². The summed E-state index contributed by atoms with van der Waals surface area (Å²) in [6.45, 7) is 0. The first kappa shape index (κ1) is 16.8. The van der Waals surface area contributed by atoms with Crippen LogP contribution in [-0.2, 0) is 6.18 Å². The van der Waals surface area contributed by atoms with E-state index in [9.17, 15) is 13.2 Å². The maximum absolute atomic E-state index is 12.6. The predicted molar refractivity (Wildman–Crippen MR) is 88.6 cm³/mol. The Morgan fingerprint density at radius 3 is 2.32 bits per heavy atom. The van der Waals surface area contributed by atoms with Crippen LogP contribution in [0, 0.1) is 0 Å². The zero-order valence-corrected chi connectivity index (χ0v) is 14.5. The maximum atomic E-state index is 12.6. The van der Waals surface area contributed by atoms with E-state index in [1.54, 1.807) is 0 Å². The van der Waals surface area contributed by atoms with Gasteiger partial charge in [0.05, 0.1) is 5.56 Å². The zero-order chi connectivity index (χ0) is 17.6. The van der Waals surface area contributed by atoms with E-state index in [-0.39, 0.29) is 6.10 Å². The van der Waals surface area contributed by atoms with E-state index < -0.39 is 11.7 Å². The Morgan fingerprint density at radius 2 is 1.72 bits per heavy atom. The van der Waals surface area contributed by atoms with E-state index in [1.165, 1.54) is 36.3 Å². The molecule has 0 amide bonds. The molecule has 2 fully saturated rings. The molecule has 0 aliphatic carbocycles. The van der Waals surface area contributed by atoms with Gasteiger partial charge in [-0.25, -0.2) is 0 Å². The molecule has 0 N–H and O–H groups in total. The van der Waals surface area contributed by atoms with Crippen LogP contribution in [0.1, 0.15) is 31.2 Å². The van der Waals surface area contributed by atoms with Gasteiger partial charge in [-0.1, -0.05) is 28.6 Å². The fourth-order valence-electron chi connectivity index (χ4n) is 3.78. The maximum Gasteiger partial charge on any atom is 0.416 e. The van der Waals surface area contributed by atoms with Gasteiger partial charge in [-0.05, 0) is 44.9 Å². The van der Waals surface area contributed by atoms with Crippen LogP contribution in [0.25, 0.3) is 10.6 Å². The SMILES string of the molecule is CN1C2CC[C@H]1CC(Oc1nnc(-c3ccc(C(F)(F)F)cc3)s1)C2. The van der Waals surface area contributed by atoms with Crippen molar-refractivity contribution in [2.75, 3.05) is 7.05 Å². The number of benzene rings is 1. The minimum Gasteiger partial charge on any atom is -0.465 e. The standard InChI is InChI=1S/C17H18F3N3OS/c1-23-12-6-7-13(23)9-14(8-12)24-16-22-21-15(25-16)10-2-4-11(5-3-10)17(18,19)20/h2-5,12-14H,6-9H2,1H3/t12-,13?,14?/m0/s1. The van der Waals surface area contributed by atoms with Crippen LogP contribution < -0.4 is 4.74 Å². The van der Waals surface area contributed by atoms with Crippen molar-refractivity contribution in [3.8, 4) is 15.8 Å². The van der Waals surface area contributed by atoms with Crippen LogP contribution in [0.4, 0.5) is 13.2 Å². The minimum absolute atomic E-state index is 0.141. The molecule has 1 aromatic heterocycles. The number of fused-ring (bicyclic) bond motifs is 2. The molecule has 2 unspecified atom stereocenters. The number of halogens is 3. The Bertz CT molecular complexity index is 732. The normalized spacial score (nSPS) is 26.8. The highest BCUT2D eigenvalue weighted by molar-refractivity contribution is 7.16. The molecule has 2 bridgehead atoms. The third-order valence-electron chi connectivity index (χ3n) is 5.19. The molecule has 0 spiro atoms. The largest absolute Gasteiger partial charge is 0.465 e. The summed E-state index contributed by atoms with van der Waals surface area (Å²) in [5.74, 6) is 0. The Kier molecular flexibility index (Phi) is 4.19. The summed E-state index contributed by atoms with van der Waals surface area (Å²) < 4.78 is 43.9. The van der Waals surface area contributed by atoms with E-state index in [0.29, 0.717) is 27.8 Å². The van der Waals surface area contributed by atoms with Crippen LogP contribution in [0.5, 0.6) is 5.19 Å². The third kappa shape index (κ3) is 3.37. The first-order valence-electron chi connectivity index (χ1n) is 8.30. The first-order chi connectivity index (χ1) is 11.9. The Labute approximate surface area is 147 Å². The Morgan fingerprint density at radius 1 is 1.08 bits per heavy atom. The average molecular weight is 369 g/mol. The van der Waals surface area contributed by atoms with Gasteiger partial charge in [0.1, 0.15) is 6.10 Å². The smallest absolute Gasteiger partial charge is 0.416 e. The van der Waals surface area contributed by atoms with Gasteiger partial charge in [0, 0.05) is 17.6 Å². The lowest BCUT2D eigenvalue weighted by Gasteiger charge is -2.35. The van der Waals surface area contributed by atoms with Gasteiger partial charge in [0.25, 0.3) is 5.19 Å². The highest BCUT2D eigenvalue weighted by Gasteiger charge is 2.39. The van der Waals surface area contributed by atoms with Gasteiger partial charge < -0.3 is 9.64 Å². The topological polar surface area (TPSA) is 38.2 Å². The van der Waals surface area contributed by atoms with Crippen molar-refractivity contribution in [2.24, 2.45) is 0 Å². The fourth-order valence-corrected chi connectivity index (χ4v) is 4.54. The van der Waals surface area contributed by atoms with Crippen molar-refractivity contribution in [3.63, 3.8) is 0 Å². The zero-order valence-electron chi connectivity index (χ0n) is 13.7. The van der Waals surface area contributed by atoms with E-state index in [0.717, 1.165) is 25.0 Å². The van der Waals surface area contributed by atoms with E-state index in [1.807, 2.05) is 0 Å². The van der Waals surface area contributed by atoms with Crippen molar-refractivity contribution < 1.29 is 17.9 Å². The highest BCUT2D eigenvalue weighted by Crippen LogP contribution is 2.37. The lowest BCUT2D eigenvalue weighted by molar-refractivity contribution is -0.137. The molecular formula is C17H18F3N3OS. The lowest BCUT2D eigenvalue weighted by atomic mass is 10.0. The van der Waals surface area contributed by atoms with Crippen LogP contribution in [0.15, 0.2) is 24.3 Å². The van der Waals surface area contributed by atoms with Crippen LogP contribution in [-0.4, -0.2) is 40.3 Å². The molecule has 2 saturated heterocycles. The molecule has 0 radical (unpaired) electrons. The van der Waals surface area contributed by atoms with E-state index >= 15 is 0 Å². The molecule has 2 aliphatic heterocycles. The molecule has 1 aromatic carbocycles. The number of nitrogens with zero attached hydrogens (tertiary/aromatic N) is 3. The molecule has 2 aliphatic rings. The number of hydrogen-bond donors (Lipinski definition) is 0. The van der Waals surface area contributed by atoms with E-state index in [2.05, 4.69) is 22.1 Å². The molecule has 3 atom stereocenters. The highest BCUT2D eigenvalue weighted by atomic mass is 32.1. The summed E-state index contributed by atoms with van der Waals surface area (Å²) >= 11 is 1.28. The molecule has 8 heteroatoms. The average Bonchev–Trinajstić information content (AvgIpc) is 3.09. The molecule has 4 nitrogen and oxygen atoms in total. The van der Waals surface area contributed by atoms with Gasteiger partial charge in [-0.2, -0.15) is 13.2 Å². The fraction of sp³-hybridized carbons (Fsp3) is 0.529. The molecular weight excluding hydrogens is 351 g/mol. The molecule has 25 heavy (non-hydrogen) atoms. The van der Waals surface area contributed by atoms with Gasteiger partial charge in [0.2, 0.25) is 0 Å². The van der Waals surface area contributed by atoms with Crippen molar-refractivity contribution >= 4 is 11.3 Å². The second-order valence-corrected chi connectivity index (χ2v) is 7.65. The van der Waals surface area contributed by atoms with Crippen molar-refractivity contribution in [1.29, 1.82) is 0 Å². The summed E-state index contributed by atoms with van der Waals surface area (Å²) in [6, 6.07) is 6.11. The van der Waals surface area contributed by atoms with Crippen LogP contribution in [0.3, 0.4) is 0 Å². The second-order valence-electron chi connectivity index (χ2n) is 6.71. The number of aromatic nitrogens is 2. The number of rotatable bonds is 3. The van der Waals surface area contributed by atoms with Crippen LogP contribution in [0.2, 0.25) is 0 Å². The van der Waals surface area contributed by atoms with Crippen molar-refractivity contribution in [2.45, 2.75) is 50.0 Å². The summed E-state index contributed by atoms with van der Waals surface area (Å²) in [6.07, 6.45) is 0.218. The number of alkyl halides is 3. The number of hydrogen-bond acceptors (Lipinski definition) is 5. The molecule has 4 rings (SSSR count). The molecule has 134 valence electrons. The number of piperidine rings is 1. The summed E-state index contributed by atoms with van der Waals surface area (Å²) in [4.78, 5) is 2.44. The second kappa shape index (κ2) is 6.25. The lowest BCUT2D eigenvalue weighted by Crippen LogP contribution is -2.43. The third-order valence-corrected chi connectivity index (χ3v) is 6.05. The monoisotopic (exact) mass is 369 g/mol. The van der Waals surface area contributed by atoms with Gasteiger partial charge in [-0.15, -0.1) is 5.10 Å². The summed E-state index contributed by atoms with van der Waals surface area (Å²) in [5, 5.41) is 9.18. The quantitative estimate of drug-likeness (QED) is 0.812. The van der Waals surface area contributed by atoms with Gasteiger partial charge in [-0.3, -0.25) is 0 Å². The van der Waals surface area contributed by atoms with Crippen molar-refractivity contribution in [3.05, 3.63) is 29.8 Å².